The molecule has 1 unspecified atom stereocenters. The fourth-order valence-electron chi connectivity index (χ4n) is 2.03. The number of carbonyl (C=O) groups excluding carboxylic acids is 1. The first-order valence-electron chi connectivity index (χ1n) is 6.55. The SMILES string of the molecule is O=C(O)CC(NC(=O)NCCc1ccc(Cl)s1)C1CC1. The molecule has 0 aromatic carbocycles. The molecule has 1 saturated carbocycles. The lowest BCUT2D eigenvalue weighted by Crippen LogP contribution is -2.44. The molecular formula is C13H17ClN2O3S. The zero-order chi connectivity index (χ0) is 14.5. The van der Waals surface area contributed by atoms with E-state index in [1.54, 1.807) is 0 Å². The number of aliphatic carboxylic acids is 1. The molecule has 3 N–H and O–H groups in total. The summed E-state index contributed by atoms with van der Waals surface area (Å²) < 4.78 is 0.736. The standard InChI is InChI=1S/C13H17ClN2O3S/c14-11-4-3-9(20-11)5-6-15-13(19)16-10(7-12(17)18)8-1-2-8/h3-4,8,10H,1-2,5-7H2,(H,17,18)(H2,15,16,19). The summed E-state index contributed by atoms with van der Waals surface area (Å²) in [5.41, 5.74) is 0. The van der Waals surface area contributed by atoms with E-state index in [4.69, 9.17) is 16.7 Å². The predicted octanol–water partition coefficient (Wildman–Crippen LogP) is 2.50. The second kappa shape index (κ2) is 6.95. The Labute approximate surface area is 126 Å². The Morgan fingerprint density at radius 3 is 2.75 bits per heavy atom. The normalized spacial score (nSPS) is 15.7. The highest BCUT2D eigenvalue weighted by atomic mass is 35.5. The van der Waals surface area contributed by atoms with Gasteiger partial charge in [-0.2, -0.15) is 0 Å². The van der Waals surface area contributed by atoms with E-state index in [-0.39, 0.29) is 18.5 Å². The zero-order valence-corrected chi connectivity index (χ0v) is 12.5. The molecule has 20 heavy (non-hydrogen) atoms. The van der Waals surface area contributed by atoms with E-state index >= 15 is 0 Å². The number of urea groups is 1. The number of rotatable bonds is 7. The minimum Gasteiger partial charge on any atom is -0.481 e. The molecule has 1 aromatic rings. The maximum absolute atomic E-state index is 11.7. The average molecular weight is 317 g/mol. The minimum absolute atomic E-state index is 0.0153. The van der Waals surface area contributed by atoms with Crippen LogP contribution in [0.1, 0.15) is 24.1 Å². The van der Waals surface area contributed by atoms with Crippen LogP contribution in [0.5, 0.6) is 0 Å². The van der Waals surface area contributed by atoms with Gasteiger partial charge in [0.2, 0.25) is 0 Å². The Morgan fingerprint density at radius 1 is 1.45 bits per heavy atom. The molecule has 5 nitrogen and oxygen atoms in total. The highest BCUT2D eigenvalue weighted by Gasteiger charge is 2.33. The predicted molar refractivity (Wildman–Crippen MR) is 78.3 cm³/mol. The summed E-state index contributed by atoms with van der Waals surface area (Å²) >= 11 is 7.32. The Kier molecular flexibility index (Phi) is 5.25. The number of hydrogen-bond acceptors (Lipinski definition) is 3. The molecule has 0 spiro atoms. The number of hydrogen-bond donors (Lipinski definition) is 3. The quantitative estimate of drug-likeness (QED) is 0.723. The van der Waals surface area contributed by atoms with Crippen molar-refractivity contribution in [3.05, 3.63) is 21.3 Å². The van der Waals surface area contributed by atoms with Gasteiger partial charge in [0.05, 0.1) is 10.8 Å². The van der Waals surface area contributed by atoms with E-state index in [1.807, 2.05) is 12.1 Å². The van der Waals surface area contributed by atoms with Gasteiger partial charge >= 0.3 is 12.0 Å². The van der Waals surface area contributed by atoms with Crippen molar-refractivity contribution in [1.29, 1.82) is 0 Å². The van der Waals surface area contributed by atoms with Gasteiger partial charge in [0, 0.05) is 17.5 Å². The molecule has 1 heterocycles. The molecule has 0 saturated heterocycles. The van der Waals surface area contributed by atoms with E-state index in [2.05, 4.69) is 10.6 Å². The molecule has 1 fully saturated rings. The molecule has 2 rings (SSSR count). The first-order chi connectivity index (χ1) is 9.54. The third-order valence-corrected chi connectivity index (χ3v) is 4.48. The van der Waals surface area contributed by atoms with Gasteiger partial charge in [-0.3, -0.25) is 4.79 Å². The molecule has 110 valence electrons. The number of nitrogens with one attached hydrogen (secondary N) is 2. The molecule has 1 aliphatic rings. The number of carboxylic acid groups (broad SMARTS) is 1. The number of carboxylic acids is 1. The molecule has 0 aliphatic heterocycles. The Balaban J connectivity index is 1.69. The summed E-state index contributed by atoms with van der Waals surface area (Å²) in [5.74, 6) is -0.566. The maximum Gasteiger partial charge on any atom is 0.315 e. The summed E-state index contributed by atoms with van der Waals surface area (Å²) in [6.45, 7) is 0.507. The number of halogens is 1. The number of thiophene rings is 1. The second-order valence-corrected chi connectivity index (χ2v) is 6.70. The summed E-state index contributed by atoms with van der Waals surface area (Å²) in [6, 6.07) is 3.20. The van der Waals surface area contributed by atoms with Gasteiger partial charge < -0.3 is 15.7 Å². The minimum atomic E-state index is -0.879. The summed E-state index contributed by atoms with van der Waals surface area (Å²) in [4.78, 5) is 23.6. The van der Waals surface area contributed by atoms with Gasteiger partial charge in [-0.25, -0.2) is 4.79 Å². The van der Waals surface area contributed by atoms with E-state index in [0.29, 0.717) is 12.5 Å². The monoisotopic (exact) mass is 316 g/mol. The van der Waals surface area contributed by atoms with Crippen LogP contribution in [0.2, 0.25) is 4.34 Å². The lowest BCUT2D eigenvalue weighted by molar-refractivity contribution is -0.137. The van der Waals surface area contributed by atoms with E-state index < -0.39 is 5.97 Å². The highest BCUT2D eigenvalue weighted by molar-refractivity contribution is 7.16. The zero-order valence-electron chi connectivity index (χ0n) is 10.9. The van der Waals surface area contributed by atoms with Crippen molar-refractivity contribution in [2.75, 3.05) is 6.54 Å². The van der Waals surface area contributed by atoms with Crippen LogP contribution in [0, 0.1) is 5.92 Å². The second-order valence-electron chi connectivity index (χ2n) is 4.90. The molecule has 1 atom stereocenters. The highest BCUT2D eigenvalue weighted by Crippen LogP contribution is 2.33. The van der Waals surface area contributed by atoms with Crippen LogP contribution in [0.25, 0.3) is 0 Å². The van der Waals surface area contributed by atoms with E-state index in [1.165, 1.54) is 11.3 Å². The Morgan fingerprint density at radius 2 is 2.20 bits per heavy atom. The Bertz CT molecular complexity index is 488. The van der Waals surface area contributed by atoms with Crippen LogP contribution in [-0.4, -0.2) is 29.7 Å². The molecule has 0 radical (unpaired) electrons. The topological polar surface area (TPSA) is 78.4 Å². The van der Waals surface area contributed by atoms with Gasteiger partial charge in [-0.15, -0.1) is 11.3 Å². The van der Waals surface area contributed by atoms with Crippen molar-refractivity contribution in [1.82, 2.24) is 10.6 Å². The van der Waals surface area contributed by atoms with E-state index in [0.717, 1.165) is 28.5 Å². The van der Waals surface area contributed by atoms with Crippen molar-refractivity contribution in [2.45, 2.75) is 31.7 Å². The van der Waals surface area contributed by atoms with Gasteiger partial charge in [-0.05, 0) is 37.3 Å². The summed E-state index contributed by atoms with van der Waals surface area (Å²) in [7, 11) is 0. The maximum atomic E-state index is 11.7. The van der Waals surface area contributed by atoms with Crippen molar-refractivity contribution in [3.8, 4) is 0 Å². The molecule has 2 amide bonds. The van der Waals surface area contributed by atoms with Crippen LogP contribution in [0.15, 0.2) is 12.1 Å². The number of amides is 2. The van der Waals surface area contributed by atoms with Crippen molar-refractivity contribution >= 4 is 34.9 Å². The van der Waals surface area contributed by atoms with Crippen molar-refractivity contribution < 1.29 is 14.7 Å². The first kappa shape index (κ1) is 15.1. The third kappa shape index (κ3) is 5.02. The van der Waals surface area contributed by atoms with Crippen LogP contribution in [0.3, 0.4) is 0 Å². The third-order valence-electron chi connectivity index (χ3n) is 3.19. The van der Waals surface area contributed by atoms with Crippen LogP contribution in [-0.2, 0) is 11.2 Å². The lowest BCUT2D eigenvalue weighted by atomic mass is 10.1. The Hall–Kier alpha value is -1.27. The van der Waals surface area contributed by atoms with Crippen LogP contribution >= 0.6 is 22.9 Å². The van der Waals surface area contributed by atoms with Crippen molar-refractivity contribution in [3.63, 3.8) is 0 Å². The van der Waals surface area contributed by atoms with Gasteiger partial charge in [0.25, 0.3) is 0 Å². The molecule has 7 heteroatoms. The van der Waals surface area contributed by atoms with Crippen LogP contribution in [0.4, 0.5) is 4.79 Å². The molecule has 1 aromatic heterocycles. The van der Waals surface area contributed by atoms with Crippen LogP contribution < -0.4 is 10.6 Å². The molecule has 0 bridgehead atoms. The summed E-state index contributed by atoms with van der Waals surface area (Å²) in [5, 5.41) is 14.3. The fourth-order valence-corrected chi connectivity index (χ4v) is 3.11. The molecular weight excluding hydrogens is 300 g/mol. The largest absolute Gasteiger partial charge is 0.481 e. The molecule has 1 aliphatic carbocycles. The number of carbonyl (C=O) groups is 2. The van der Waals surface area contributed by atoms with Gasteiger partial charge in [0.1, 0.15) is 0 Å². The smallest absolute Gasteiger partial charge is 0.315 e. The van der Waals surface area contributed by atoms with E-state index in [9.17, 15) is 9.59 Å². The average Bonchev–Trinajstić information content (AvgIpc) is 3.12. The van der Waals surface area contributed by atoms with Gasteiger partial charge in [-0.1, -0.05) is 11.6 Å². The van der Waals surface area contributed by atoms with Gasteiger partial charge in [0.15, 0.2) is 0 Å². The van der Waals surface area contributed by atoms with Crippen molar-refractivity contribution in [2.24, 2.45) is 5.92 Å². The first-order valence-corrected chi connectivity index (χ1v) is 7.74. The lowest BCUT2D eigenvalue weighted by Gasteiger charge is -2.16. The fraction of sp³-hybridized carbons (Fsp3) is 0.538. The summed E-state index contributed by atoms with van der Waals surface area (Å²) in [6.07, 6.45) is 2.69.